The molecule has 0 saturated carbocycles. The minimum Gasteiger partial charge on any atom is -0.378 e. The average Bonchev–Trinajstić information content (AvgIpc) is 2.38. The highest BCUT2D eigenvalue weighted by Crippen LogP contribution is 2.25. The van der Waals surface area contributed by atoms with E-state index in [0.717, 1.165) is 13.1 Å². The molecular formula is C8H17NO. The molecule has 0 aromatic rings. The maximum Gasteiger partial charge on any atom is 0.0663 e. The molecule has 1 aliphatic heterocycles. The van der Waals surface area contributed by atoms with Crippen LogP contribution in [0.5, 0.6) is 0 Å². The van der Waals surface area contributed by atoms with Gasteiger partial charge >= 0.3 is 0 Å². The zero-order valence-electron chi connectivity index (χ0n) is 7.11. The van der Waals surface area contributed by atoms with Crippen molar-refractivity contribution in [1.82, 2.24) is 5.32 Å². The Morgan fingerprint density at radius 3 is 2.60 bits per heavy atom. The monoisotopic (exact) mass is 143 g/mol. The lowest BCUT2D eigenvalue weighted by molar-refractivity contribution is -0.0211. The lowest BCUT2D eigenvalue weighted by Gasteiger charge is -2.29. The van der Waals surface area contributed by atoms with Crippen LogP contribution in [0.25, 0.3) is 0 Å². The van der Waals surface area contributed by atoms with Crippen molar-refractivity contribution in [2.75, 3.05) is 20.2 Å². The molecule has 2 heteroatoms. The average molecular weight is 143 g/mol. The van der Waals surface area contributed by atoms with E-state index in [2.05, 4.69) is 19.2 Å². The van der Waals surface area contributed by atoms with Gasteiger partial charge in [0.1, 0.15) is 0 Å². The van der Waals surface area contributed by atoms with Crippen LogP contribution in [0.3, 0.4) is 0 Å². The van der Waals surface area contributed by atoms with Crippen molar-refractivity contribution in [2.24, 2.45) is 5.92 Å². The molecule has 60 valence electrons. The Labute approximate surface area is 63.0 Å². The van der Waals surface area contributed by atoms with E-state index in [9.17, 15) is 0 Å². The van der Waals surface area contributed by atoms with Crippen molar-refractivity contribution >= 4 is 0 Å². The summed E-state index contributed by atoms with van der Waals surface area (Å²) in [6, 6.07) is 0. The van der Waals surface area contributed by atoms with Crippen LogP contribution in [0, 0.1) is 5.92 Å². The minimum absolute atomic E-state index is 0.0590. The second kappa shape index (κ2) is 2.89. The van der Waals surface area contributed by atoms with Crippen LogP contribution < -0.4 is 5.32 Å². The standard InChI is InChI=1S/C8H17NO/c1-8(2,10-3)7-4-5-9-6-7/h7,9H,4-6H2,1-3H3/t7-/m0/s1. The molecule has 1 saturated heterocycles. The fourth-order valence-electron chi connectivity index (χ4n) is 1.41. The third-order valence-electron chi connectivity index (χ3n) is 2.57. The van der Waals surface area contributed by atoms with Crippen molar-refractivity contribution in [3.05, 3.63) is 0 Å². The molecule has 1 N–H and O–H groups in total. The second-order valence-corrected chi connectivity index (χ2v) is 3.50. The van der Waals surface area contributed by atoms with Crippen molar-refractivity contribution in [3.8, 4) is 0 Å². The molecule has 1 aliphatic rings. The molecule has 10 heavy (non-hydrogen) atoms. The highest BCUT2D eigenvalue weighted by molar-refractivity contribution is 4.85. The van der Waals surface area contributed by atoms with Crippen LogP contribution in [0.15, 0.2) is 0 Å². The van der Waals surface area contributed by atoms with Crippen LogP contribution >= 0.6 is 0 Å². The fourth-order valence-corrected chi connectivity index (χ4v) is 1.41. The van der Waals surface area contributed by atoms with Crippen molar-refractivity contribution in [3.63, 3.8) is 0 Å². The van der Waals surface area contributed by atoms with Crippen LogP contribution in [0.1, 0.15) is 20.3 Å². The van der Waals surface area contributed by atoms with Crippen LogP contribution in [-0.2, 0) is 4.74 Å². The summed E-state index contributed by atoms with van der Waals surface area (Å²) in [5.74, 6) is 0.692. The molecule has 1 atom stereocenters. The van der Waals surface area contributed by atoms with Crippen LogP contribution in [-0.4, -0.2) is 25.8 Å². The zero-order valence-corrected chi connectivity index (χ0v) is 7.11. The predicted molar refractivity (Wildman–Crippen MR) is 42.1 cm³/mol. The van der Waals surface area contributed by atoms with E-state index in [1.165, 1.54) is 6.42 Å². The van der Waals surface area contributed by atoms with Gasteiger partial charge in [-0.1, -0.05) is 0 Å². The lowest BCUT2D eigenvalue weighted by atomic mass is 9.90. The van der Waals surface area contributed by atoms with E-state index in [1.54, 1.807) is 7.11 Å². The minimum atomic E-state index is 0.0590. The lowest BCUT2D eigenvalue weighted by Crippen LogP contribution is -2.34. The van der Waals surface area contributed by atoms with Gasteiger partial charge < -0.3 is 10.1 Å². The number of ether oxygens (including phenoxy) is 1. The summed E-state index contributed by atoms with van der Waals surface area (Å²) in [6.07, 6.45) is 1.25. The summed E-state index contributed by atoms with van der Waals surface area (Å²) in [5, 5.41) is 3.33. The smallest absolute Gasteiger partial charge is 0.0663 e. The van der Waals surface area contributed by atoms with Gasteiger partial charge in [0.15, 0.2) is 0 Å². The summed E-state index contributed by atoms with van der Waals surface area (Å²) in [5.41, 5.74) is 0.0590. The molecular weight excluding hydrogens is 126 g/mol. The largest absolute Gasteiger partial charge is 0.378 e. The van der Waals surface area contributed by atoms with E-state index in [1.807, 2.05) is 0 Å². The summed E-state index contributed by atoms with van der Waals surface area (Å²) in [4.78, 5) is 0. The maximum atomic E-state index is 5.38. The van der Waals surface area contributed by atoms with Crippen LogP contribution in [0.4, 0.5) is 0 Å². The Morgan fingerprint density at radius 2 is 2.20 bits per heavy atom. The molecule has 0 amide bonds. The first-order chi connectivity index (χ1) is 4.67. The zero-order chi connectivity index (χ0) is 7.61. The van der Waals surface area contributed by atoms with E-state index >= 15 is 0 Å². The van der Waals surface area contributed by atoms with Crippen molar-refractivity contribution in [2.45, 2.75) is 25.9 Å². The van der Waals surface area contributed by atoms with Gasteiger partial charge in [0.25, 0.3) is 0 Å². The van der Waals surface area contributed by atoms with Gasteiger partial charge in [-0.15, -0.1) is 0 Å². The quantitative estimate of drug-likeness (QED) is 0.623. The molecule has 0 spiro atoms. The van der Waals surface area contributed by atoms with Gasteiger partial charge in [-0.25, -0.2) is 0 Å². The number of methoxy groups -OCH3 is 1. The van der Waals surface area contributed by atoms with Gasteiger partial charge in [-0.05, 0) is 26.8 Å². The highest BCUT2D eigenvalue weighted by Gasteiger charge is 2.31. The third kappa shape index (κ3) is 1.50. The third-order valence-corrected chi connectivity index (χ3v) is 2.57. The first kappa shape index (κ1) is 8.02. The van der Waals surface area contributed by atoms with Crippen molar-refractivity contribution < 1.29 is 4.74 Å². The van der Waals surface area contributed by atoms with E-state index in [4.69, 9.17) is 4.74 Å². The van der Waals surface area contributed by atoms with E-state index < -0.39 is 0 Å². The van der Waals surface area contributed by atoms with Gasteiger partial charge in [0.2, 0.25) is 0 Å². The summed E-state index contributed by atoms with van der Waals surface area (Å²) in [7, 11) is 1.79. The fraction of sp³-hybridized carbons (Fsp3) is 1.00. The molecule has 1 heterocycles. The Bertz CT molecular complexity index is 106. The Balaban J connectivity index is 2.45. The SMILES string of the molecule is COC(C)(C)[C@H]1CCNC1. The number of rotatable bonds is 2. The Kier molecular flexibility index (Phi) is 2.32. The Hall–Kier alpha value is -0.0800. The van der Waals surface area contributed by atoms with Crippen molar-refractivity contribution in [1.29, 1.82) is 0 Å². The normalized spacial score (nSPS) is 27.3. The predicted octanol–water partition coefficient (Wildman–Crippen LogP) is 1.02. The molecule has 0 aromatic carbocycles. The van der Waals surface area contributed by atoms with Gasteiger partial charge in [-0.3, -0.25) is 0 Å². The number of nitrogens with one attached hydrogen (secondary N) is 1. The Morgan fingerprint density at radius 1 is 1.50 bits per heavy atom. The molecule has 0 unspecified atom stereocenters. The molecule has 1 rings (SSSR count). The molecule has 1 fully saturated rings. The maximum absolute atomic E-state index is 5.38. The number of hydrogen-bond donors (Lipinski definition) is 1. The van der Waals surface area contributed by atoms with E-state index in [-0.39, 0.29) is 5.60 Å². The molecule has 0 aliphatic carbocycles. The second-order valence-electron chi connectivity index (χ2n) is 3.50. The van der Waals surface area contributed by atoms with Gasteiger partial charge in [0.05, 0.1) is 5.60 Å². The summed E-state index contributed by atoms with van der Waals surface area (Å²) in [6.45, 7) is 6.58. The first-order valence-corrected chi connectivity index (χ1v) is 3.92. The first-order valence-electron chi connectivity index (χ1n) is 3.92. The van der Waals surface area contributed by atoms with Gasteiger partial charge in [0, 0.05) is 19.6 Å². The highest BCUT2D eigenvalue weighted by atomic mass is 16.5. The molecule has 0 radical (unpaired) electrons. The van der Waals surface area contributed by atoms with Gasteiger partial charge in [-0.2, -0.15) is 0 Å². The van der Waals surface area contributed by atoms with Crippen LogP contribution in [0.2, 0.25) is 0 Å². The molecule has 0 aromatic heterocycles. The summed E-state index contributed by atoms with van der Waals surface area (Å²) >= 11 is 0. The molecule has 0 bridgehead atoms. The molecule has 2 nitrogen and oxygen atoms in total. The number of hydrogen-bond acceptors (Lipinski definition) is 2. The summed E-state index contributed by atoms with van der Waals surface area (Å²) < 4.78 is 5.38. The van der Waals surface area contributed by atoms with E-state index in [0.29, 0.717) is 5.92 Å². The topological polar surface area (TPSA) is 21.3 Å².